The predicted molar refractivity (Wildman–Crippen MR) is 67.0 cm³/mol. The first-order valence-corrected chi connectivity index (χ1v) is 6.03. The average molecular weight is 241 g/mol. The molecule has 2 heterocycles. The summed E-state index contributed by atoms with van der Waals surface area (Å²) in [5.74, 6) is 0.783. The van der Waals surface area contributed by atoms with Gasteiger partial charge in [-0.2, -0.15) is 0 Å². The van der Waals surface area contributed by atoms with Crippen molar-refractivity contribution in [1.29, 1.82) is 0 Å². The van der Waals surface area contributed by atoms with Gasteiger partial charge in [0.1, 0.15) is 17.9 Å². The van der Waals surface area contributed by atoms with E-state index in [9.17, 15) is 0 Å². The smallest absolute Gasteiger partial charge is 0.153 e. The van der Waals surface area contributed by atoms with Crippen molar-refractivity contribution >= 4 is 21.6 Å². The van der Waals surface area contributed by atoms with E-state index in [4.69, 9.17) is 4.74 Å². The molecule has 0 N–H and O–H groups in total. The number of aromatic nitrogens is 2. The number of ether oxygens (including phenoxy) is 1. The number of hydrogen-bond donors (Lipinski definition) is 0. The highest BCUT2D eigenvalue weighted by atomic mass is 32.1. The fraction of sp³-hybridized carbons (Fsp3) is 0.0769. The molecule has 2 aromatic heterocycles. The quantitative estimate of drug-likeness (QED) is 0.707. The van der Waals surface area contributed by atoms with E-state index in [-0.39, 0.29) is 0 Å². The van der Waals surface area contributed by atoms with Crippen LogP contribution >= 0.6 is 11.3 Å². The number of thiazole rings is 1. The van der Waals surface area contributed by atoms with E-state index in [1.54, 1.807) is 6.20 Å². The molecule has 0 saturated carbocycles. The molecule has 83 valence electrons. The van der Waals surface area contributed by atoms with Gasteiger partial charge in [-0.1, -0.05) is 12.1 Å². The van der Waals surface area contributed by atoms with Crippen LogP contribution in [0.2, 0.25) is 0 Å². The van der Waals surface area contributed by atoms with Crippen LogP contribution in [0.25, 0.3) is 10.2 Å². The van der Waals surface area contributed by atoms with E-state index in [1.165, 1.54) is 11.3 Å². The Hall–Kier alpha value is -1.94. The highest BCUT2D eigenvalue weighted by Gasteiger charge is 2.05. The van der Waals surface area contributed by atoms with Gasteiger partial charge in [0.25, 0.3) is 0 Å². The summed E-state index contributed by atoms with van der Waals surface area (Å²) in [6.07, 6.45) is 1.76. The van der Waals surface area contributed by atoms with E-state index < -0.39 is 0 Å². The van der Waals surface area contributed by atoms with Crippen molar-refractivity contribution < 1.29 is 4.74 Å². The first-order valence-electron chi connectivity index (χ1n) is 5.22. The zero-order valence-electron chi connectivity index (χ0n) is 8.96. The molecule has 1 radical (unpaired) electrons. The second-order valence-electron chi connectivity index (χ2n) is 3.52. The highest BCUT2D eigenvalue weighted by molar-refractivity contribution is 7.16. The molecule has 3 nitrogen and oxygen atoms in total. The van der Waals surface area contributed by atoms with Gasteiger partial charge >= 0.3 is 0 Å². The van der Waals surface area contributed by atoms with Gasteiger partial charge in [-0.15, -0.1) is 11.3 Å². The zero-order chi connectivity index (χ0) is 11.5. The molecule has 3 aromatic rings. The third-order valence-electron chi connectivity index (χ3n) is 2.38. The van der Waals surface area contributed by atoms with Gasteiger partial charge in [-0.25, -0.2) is 4.98 Å². The molecule has 0 bridgehead atoms. The maximum atomic E-state index is 5.73. The maximum Gasteiger partial charge on any atom is 0.153 e. The van der Waals surface area contributed by atoms with Gasteiger partial charge in [0.05, 0.1) is 10.4 Å². The van der Waals surface area contributed by atoms with E-state index in [0.717, 1.165) is 21.7 Å². The highest BCUT2D eigenvalue weighted by Crippen LogP contribution is 2.27. The fourth-order valence-corrected chi connectivity index (χ4v) is 2.19. The predicted octanol–water partition coefficient (Wildman–Crippen LogP) is 3.07. The molecule has 1 aromatic carbocycles. The summed E-state index contributed by atoms with van der Waals surface area (Å²) in [5, 5.41) is 0. The first kappa shape index (κ1) is 10.2. The Morgan fingerprint density at radius 3 is 3.06 bits per heavy atom. The van der Waals surface area contributed by atoms with Crippen LogP contribution in [-0.4, -0.2) is 9.97 Å². The van der Waals surface area contributed by atoms with Crippen molar-refractivity contribution in [2.45, 2.75) is 6.61 Å². The Bertz CT molecular complexity index is 621. The molecule has 0 aliphatic carbocycles. The zero-order valence-corrected chi connectivity index (χ0v) is 9.78. The van der Waals surface area contributed by atoms with E-state index >= 15 is 0 Å². The summed E-state index contributed by atoms with van der Waals surface area (Å²) in [7, 11) is 0. The normalized spacial score (nSPS) is 10.6. The minimum atomic E-state index is 0.456. The third-order valence-corrected chi connectivity index (χ3v) is 3.11. The Labute approximate surface area is 103 Å². The number of pyridine rings is 1. The lowest BCUT2D eigenvalue weighted by atomic mass is 10.3. The van der Waals surface area contributed by atoms with Crippen LogP contribution in [0.1, 0.15) is 5.69 Å². The standard InChI is InChI=1S/C13H9N2OS/c1-2-7-14-10(4-1)8-16-11-5-3-6-12-13(11)15-9-17-12/h1-7H,8H2. The second kappa shape index (κ2) is 4.51. The SMILES string of the molecule is [c]1nc2c(OCc3ccccn3)cccc2s1. The molecule has 0 unspecified atom stereocenters. The average Bonchev–Trinajstić information content (AvgIpc) is 2.86. The first-order chi connectivity index (χ1) is 8.43. The van der Waals surface area contributed by atoms with Crippen LogP contribution in [0.5, 0.6) is 5.75 Å². The molecule has 0 saturated heterocycles. The summed E-state index contributed by atoms with van der Waals surface area (Å²) < 4.78 is 6.81. The van der Waals surface area contributed by atoms with Crippen molar-refractivity contribution in [2.75, 3.05) is 0 Å². The van der Waals surface area contributed by atoms with Crippen molar-refractivity contribution in [3.05, 3.63) is 53.8 Å². The molecule has 0 fully saturated rings. The van der Waals surface area contributed by atoms with Gasteiger partial charge in [-0.3, -0.25) is 4.98 Å². The van der Waals surface area contributed by atoms with Crippen molar-refractivity contribution in [3.63, 3.8) is 0 Å². The Balaban J connectivity index is 1.84. The van der Waals surface area contributed by atoms with Crippen LogP contribution < -0.4 is 4.74 Å². The van der Waals surface area contributed by atoms with Gasteiger partial charge in [0, 0.05) is 6.20 Å². The molecule has 0 amide bonds. The maximum absolute atomic E-state index is 5.73. The van der Waals surface area contributed by atoms with E-state index in [1.807, 2.05) is 36.4 Å². The van der Waals surface area contributed by atoms with Crippen LogP contribution in [0.3, 0.4) is 0 Å². The van der Waals surface area contributed by atoms with E-state index in [0.29, 0.717) is 6.61 Å². The summed E-state index contributed by atoms with van der Waals surface area (Å²) in [6.45, 7) is 0.456. The molecular formula is C13H9N2OS. The molecule has 3 rings (SSSR count). The number of rotatable bonds is 3. The van der Waals surface area contributed by atoms with Gasteiger partial charge in [-0.05, 0) is 24.3 Å². The minimum Gasteiger partial charge on any atom is -0.485 e. The molecule has 0 spiro atoms. The summed E-state index contributed by atoms with van der Waals surface area (Å²) in [6, 6.07) is 11.7. The Morgan fingerprint density at radius 1 is 1.18 bits per heavy atom. The fourth-order valence-electron chi connectivity index (χ4n) is 1.56. The Kier molecular flexibility index (Phi) is 2.71. The van der Waals surface area contributed by atoms with Crippen molar-refractivity contribution in [1.82, 2.24) is 9.97 Å². The lowest BCUT2D eigenvalue weighted by molar-refractivity contribution is 0.304. The van der Waals surface area contributed by atoms with Crippen molar-refractivity contribution in [2.24, 2.45) is 0 Å². The molecule has 17 heavy (non-hydrogen) atoms. The number of benzene rings is 1. The second-order valence-corrected chi connectivity index (χ2v) is 4.34. The molecular weight excluding hydrogens is 232 g/mol. The molecule has 0 aliphatic rings. The summed E-state index contributed by atoms with van der Waals surface area (Å²) in [5.41, 5.74) is 4.65. The number of hydrogen-bond acceptors (Lipinski definition) is 4. The monoisotopic (exact) mass is 241 g/mol. The van der Waals surface area contributed by atoms with Gasteiger partial charge in [0.2, 0.25) is 0 Å². The van der Waals surface area contributed by atoms with E-state index in [2.05, 4.69) is 15.5 Å². The van der Waals surface area contributed by atoms with Gasteiger partial charge in [0.15, 0.2) is 5.51 Å². The summed E-state index contributed by atoms with van der Waals surface area (Å²) in [4.78, 5) is 8.39. The number of fused-ring (bicyclic) bond motifs is 1. The number of para-hydroxylation sites is 1. The van der Waals surface area contributed by atoms with Crippen molar-refractivity contribution in [3.8, 4) is 5.75 Å². The minimum absolute atomic E-state index is 0.456. The van der Waals surface area contributed by atoms with Crippen LogP contribution in [0.15, 0.2) is 42.6 Å². The van der Waals surface area contributed by atoms with Crippen LogP contribution in [0, 0.1) is 5.51 Å². The van der Waals surface area contributed by atoms with Gasteiger partial charge < -0.3 is 4.74 Å². The van der Waals surface area contributed by atoms with Crippen LogP contribution in [-0.2, 0) is 6.61 Å². The van der Waals surface area contributed by atoms with Crippen LogP contribution in [0.4, 0.5) is 0 Å². The summed E-state index contributed by atoms with van der Waals surface area (Å²) >= 11 is 1.49. The third kappa shape index (κ3) is 2.12. The Morgan fingerprint density at radius 2 is 2.18 bits per heavy atom. The molecule has 0 aliphatic heterocycles. The molecule has 4 heteroatoms. The lowest BCUT2D eigenvalue weighted by Gasteiger charge is -2.05. The molecule has 0 atom stereocenters. The topological polar surface area (TPSA) is 35.0 Å². The largest absolute Gasteiger partial charge is 0.485 e. The lowest BCUT2D eigenvalue weighted by Crippen LogP contribution is -1.97. The number of nitrogens with zero attached hydrogens (tertiary/aromatic N) is 2.